The van der Waals surface area contributed by atoms with Gasteiger partial charge in [0.05, 0.1) is 19.2 Å². The third kappa shape index (κ3) is 7.61. The molecular formula is C23H31IN4O3. The number of rotatable bonds is 8. The first-order chi connectivity index (χ1) is 14.7. The molecule has 0 bridgehead atoms. The Morgan fingerprint density at radius 1 is 1.13 bits per heavy atom. The maximum absolute atomic E-state index is 11.6. The zero-order chi connectivity index (χ0) is 21.2. The quantitative estimate of drug-likeness (QED) is 0.273. The number of halogens is 1. The molecule has 168 valence electrons. The summed E-state index contributed by atoms with van der Waals surface area (Å²) >= 11 is 0. The van der Waals surface area contributed by atoms with Crippen LogP contribution in [0.4, 0.5) is 0 Å². The van der Waals surface area contributed by atoms with Gasteiger partial charge in [-0.05, 0) is 37.6 Å². The van der Waals surface area contributed by atoms with Crippen LogP contribution in [0.2, 0.25) is 0 Å². The molecule has 31 heavy (non-hydrogen) atoms. The molecule has 0 aromatic heterocycles. The Kier molecular flexibility index (Phi) is 10.4. The van der Waals surface area contributed by atoms with E-state index in [-0.39, 0.29) is 42.5 Å². The van der Waals surface area contributed by atoms with Gasteiger partial charge in [0.15, 0.2) is 12.6 Å². The number of ether oxygens (including phenoxy) is 2. The average molecular weight is 538 g/mol. The zero-order valence-corrected chi connectivity index (χ0v) is 20.3. The van der Waals surface area contributed by atoms with Crippen molar-refractivity contribution < 1.29 is 14.3 Å². The average Bonchev–Trinajstić information content (AvgIpc) is 2.77. The number of guanidine groups is 1. The number of hydrogen-bond donors (Lipinski definition) is 3. The molecule has 1 atom stereocenters. The fraction of sp³-hybridized carbons (Fsp3) is 0.391. The smallest absolute Gasteiger partial charge is 0.257 e. The van der Waals surface area contributed by atoms with E-state index in [1.165, 1.54) is 0 Å². The maximum Gasteiger partial charge on any atom is 0.257 e. The number of nitrogens with one attached hydrogen (secondary N) is 3. The maximum atomic E-state index is 11.6. The minimum Gasteiger partial charge on any atom is -0.493 e. The lowest BCUT2D eigenvalue weighted by molar-refractivity contribution is -0.122. The Balaban J connectivity index is 0.00000341. The number of benzene rings is 2. The molecule has 0 saturated heterocycles. The first-order valence-corrected chi connectivity index (χ1v) is 10.4. The van der Waals surface area contributed by atoms with Crippen LogP contribution < -0.4 is 25.4 Å². The fourth-order valence-corrected chi connectivity index (χ4v) is 3.28. The highest BCUT2D eigenvalue weighted by atomic mass is 127. The lowest BCUT2D eigenvalue weighted by atomic mass is 10.0. The molecule has 0 fully saturated rings. The predicted octanol–water partition coefficient (Wildman–Crippen LogP) is 3.40. The summed E-state index contributed by atoms with van der Waals surface area (Å²) in [5.74, 6) is 2.21. The second-order valence-electron chi connectivity index (χ2n) is 6.96. The van der Waals surface area contributed by atoms with Crippen molar-refractivity contribution in [3.8, 4) is 11.5 Å². The van der Waals surface area contributed by atoms with E-state index >= 15 is 0 Å². The molecule has 0 saturated carbocycles. The van der Waals surface area contributed by atoms with Gasteiger partial charge in [0.25, 0.3) is 5.91 Å². The number of carbonyl (C=O) groups is 1. The molecule has 8 heteroatoms. The monoisotopic (exact) mass is 538 g/mol. The van der Waals surface area contributed by atoms with E-state index in [0.717, 1.165) is 35.8 Å². The molecule has 1 aliphatic rings. The van der Waals surface area contributed by atoms with E-state index in [9.17, 15) is 4.79 Å². The Bertz CT molecular complexity index is 875. The van der Waals surface area contributed by atoms with Gasteiger partial charge in [-0.25, -0.2) is 4.99 Å². The topological polar surface area (TPSA) is 84.0 Å². The van der Waals surface area contributed by atoms with E-state index in [4.69, 9.17) is 14.5 Å². The summed E-state index contributed by atoms with van der Waals surface area (Å²) in [7, 11) is 0. The molecule has 1 heterocycles. The highest BCUT2D eigenvalue weighted by molar-refractivity contribution is 14.0. The molecule has 0 radical (unpaired) electrons. The number of amides is 1. The van der Waals surface area contributed by atoms with Crippen LogP contribution in [-0.2, 0) is 11.3 Å². The molecule has 3 rings (SSSR count). The Morgan fingerprint density at radius 2 is 1.94 bits per heavy atom. The number of para-hydroxylation sites is 1. The lowest BCUT2D eigenvalue weighted by Crippen LogP contribution is -2.41. The SMILES string of the molecule is CCNC(=O)COc1cccc(CN=C(NCC)NC2CCOc3ccccc32)c1.I. The summed E-state index contributed by atoms with van der Waals surface area (Å²) in [5, 5.41) is 9.56. The summed E-state index contributed by atoms with van der Waals surface area (Å²) < 4.78 is 11.3. The van der Waals surface area contributed by atoms with Gasteiger partial charge in [-0.3, -0.25) is 4.79 Å². The van der Waals surface area contributed by atoms with Crippen molar-refractivity contribution in [2.45, 2.75) is 32.9 Å². The third-order valence-corrected chi connectivity index (χ3v) is 4.68. The summed E-state index contributed by atoms with van der Waals surface area (Å²) in [6.07, 6.45) is 0.880. The molecule has 1 aliphatic heterocycles. The van der Waals surface area contributed by atoms with Crippen molar-refractivity contribution in [2.24, 2.45) is 4.99 Å². The molecule has 3 N–H and O–H groups in total. The summed E-state index contributed by atoms with van der Waals surface area (Å²) in [6.45, 7) is 6.48. The van der Waals surface area contributed by atoms with Crippen LogP contribution in [0.5, 0.6) is 11.5 Å². The van der Waals surface area contributed by atoms with Crippen molar-refractivity contribution >= 4 is 35.8 Å². The lowest BCUT2D eigenvalue weighted by Gasteiger charge is -2.28. The number of carbonyl (C=O) groups excluding carboxylic acids is 1. The molecule has 2 aromatic carbocycles. The van der Waals surface area contributed by atoms with Gasteiger partial charge in [0.2, 0.25) is 0 Å². The molecule has 0 spiro atoms. The number of likely N-dealkylation sites (N-methyl/N-ethyl adjacent to an activating group) is 1. The highest BCUT2D eigenvalue weighted by Gasteiger charge is 2.21. The van der Waals surface area contributed by atoms with Crippen molar-refractivity contribution in [3.63, 3.8) is 0 Å². The van der Waals surface area contributed by atoms with Crippen LogP contribution >= 0.6 is 24.0 Å². The minimum absolute atomic E-state index is 0. The molecule has 1 unspecified atom stereocenters. The molecule has 2 aromatic rings. The fourth-order valence-electron chi connectivity index (χ4n) is 3.28. The van der Waals surface area contributed by atoms with Crippen LogP contribution in [0.25, 0.3) is 0 Å². The largest absolute Gasteiger partial charge is 0.493 e. The van der Waals surface area contributed by atoms with E-state index in [1.54, 1.807) is 0 Å². The predicted molar refractivity (Wildman–Crippen MR) is 133 cm³/mol. The van der Waals surface area contributed by atoms with Crippen molar-refractivity contribution in [3.05, 3.63) is 59.7 Å². The second kappa shape index (κ2) is 13.0. The first kappa shape index (κ1) is 24.8. The Labute approximate surface area is 201 Å². The van der Waals surface area contributed by atoms with E-state index < -0.39 is 0 Å². The highest BCUT2D eigenvalue weighted by Crippen LogP contribution is 2.31. The van der Waals surface area contributed by atoms with E-state index in [2.05, 4.69) is 22.0 Å². The zero-order valence-electron chi connectivity index (χ0n) is 18.0. The van der Waals surface area contributed by atoms with E-state index in [1.807, 2.05) is 56.3 Å². The number of hydrogen-bond acceptors (Lipinski definition) is 4. The number of nitrogens with zero attached hydrogens (tertiary/aromatic N) is 1. The Hall–Kier alpha value is -2.49. The molecular weight excluding hydrogens is 507 g/mol. The second-order valence-corrected chi connectivity index (χ2v) is 6.96. The Morgan fingerprint density at radius 3 is 2.74 bits per heavy atom. The minimum atomic E-state index is -0.128. The van der Waals surface area contributed by atoms with Crippen LogP contribution in [0.15, 0.2) is 53.5 Å². The molecule has 1 amide bonds. The van der Waals surface area contributed by atoms with Gasteiger partial charge < -0.3 is 25.4 Å². The van der Waals surface area contributed by atoms with E-state index in [0.29, 0.717) is 25.4 Å². The van der Waals surface area contributed by atoms with Crippen molar-refractivity contribution in [1.82, 2.24) is 16.0 Å². The van der Waals surface area contributed by atoms with Crippen LogP contribution in [0.1, 0.15) is 37.4 Å². The normalized spacial score (nSPS) is 15.0. The van der Waals surface area contributed by atoms with Gasteiger partial charge in [0.1, 0.15) is 11.5 Å². The first-order valence-electron chi connectivity index (χ1n) is 10.4. The van der Waals surface area contributed by atoms with Crippen molar-refractivity contribution in [2.75, 3.05) is 26.3 Å². The summed E-state index contributed by atoms with van der Waals surface area (Å²) in [5.41, 5.74) is 2.16. The van der Waals surface area contributed by atoms with Gasteiger partial charge in [-0.1, -0.05) is 30.3 Å². The molecule has 0 aliphatic carbocycles. The van der Waals surface area contributed by atoms with Gasteiger partial charge in [-0.2, -0.15) is 0 Å². The van der Waals surface area contributed by atoms with Gasteiger partial charge in [-0.15, -0.1) is 24.0 Å². The van der Waals surface area contributed by atoms with Gasteiger partial charge >= 0.3 is 0 Å². The van der Waals surface area contributed by atoms with Crippen LogP contribution in [0, 0.1) is 0 Å². The summed E-state index contributed by atoms with van der Waals surface area (Å²) in [4.78, 5) is 16.3. The van der Waals surface area contributed by atoms with Gasteiger partial charge in [0, 0.05) is 25.1 Å². The standard InChI is InChI=1S/C23H30N4O3.HI/c1-3-24-22(28)16-30-18-9-7-8-17(14-18)15-26-23(25-4-2)27-20-12-13-29-21-11-6-5-10-19(20)21;/h5-11,14,20H,3-4,12-13,15-16H2,1-2H3,(H,24,28)(H2,25,26,27);1H. The number of fused-ring (bicyclic) bond motifs is 1. The number of aliphatic imine (C=N–C) groups is 1. The molecule has 7 nitrogen and oxygen atoms in total. The third-order valence-electron chi connectivity index (χ3n) is 4.68. The summed E-state index contributed by atoms with van der Waals surface area (Å²) in [6, 6.07) is 15.9. The van der Waals surface area contributed by atoms with Crippen molar-refractivity contribution in [1.29, 1.82) is 0 Å². The van der Waals surface area contributed by atoms with Crippen LogP contribution in [-0.4, -0.2) is 38.2 Å². The van der Waals surface area contributed by atoms with Crippen LogP contribution in [0.3, 0.4) is 0 Å².